The minimum Gasteiger partial charge on any atom is -0.392 e. The van der Waals surface area contributed by atoms with Crippen molar-refractivity contribution in [1.29, 1.82) is 0 Å². The SMILES string of the molecule is C=CCON=CCc1ccccc1. The molecule has 68 valence electrons. The maximum atomic E-state index is 4.86. The lowest BCUT2D eigenvalue weighted by Crippen LogP contribution is -1.87. The zero-order valence-electron chi connectivity index (χ0n) is 7.52. The largest absolute Gasteiger partial charge is 0.392 e. The van der Waals surface area contributed by atoms with E-state index in [2.05, 4.69) is 23.9 Å². The van der Waals surface area contributed by atoms with Crippen LogP contribution in [0.4, 0.5) is 0 Å². The van der Waals surface area contributed by atoms with Gasteiger partial charge in [-0.25, -0.2) is 0 Å². The Morgan fingerprint density at radius 2 is 2.08 bits per heavy atom. The maximum absolute atomic E-state index is 4.86. The van der Waals surface area contributed by atoms with Gasteiger partial charge >= 0.3 is 0 Å². The zero-order valence-corrected chi connectivity index (χ0v) is 7.52. The molecule has 0 saturated heterocycles. The van der Waals surface area contributed by atoms with Gasteiger partial charge in [-0.15, -0.1) is 0 Å². The van der Waals surface area contributed by atoms with Crippen molar-refractivity contribution in [3.8, 4) is 0 Å². The third kappa shape index (κ3) is 4.11. The van der Waals surface area contributed by atoms with E-state index in [-0.39, 0.29) is 0 Å². The Kier molecular flexibility index (Phi) is 4.39. The molecule has 0 spiro atoms. The van der Waals surface area contributed by atoms with Crippen molar-refractivity contribution in [2.75, 3.05) is 6.61 Å². The van der Waals surface area contributed by atoms with Crippen LogP contribution in [0.1, 0.15) is 5.56 Å². The van der Waals surface area contributed by atoms with Crippen molar-refractivity contribution in [2.24, 2.45) is 5.16 Å². The molecule has 1 aromatic carbocycles. The van der Waals surface area contributed by atoms with Crippen molar-refractivity contribution in [3.63, 3.8) is 0 Å². The molecular weight excluding hydrogens is 162 g/mol. The first-order valence-electron chi connectivity index (χ1n) is 4.22. The van der Waals surface area contributed by atoms with E-state index in [4.69, 9.17) is 4.84 Å². The highest BCUT2D eigenvalue weighted by Crippen LogP contribution is 1.97. The molecule has 1 aromatic rings. The number of benzene rings is 1. The Hall–Kier alpha value is -1.57. The van der Waals surface area contributed by atoms with Crippen molar-refractivity contribution >= 4 is 6.21 Å². The Balaban J connectivity index is 2.26. The smallest absolute Gasteiger partial charge is 0.135 e. The van der Waals surface area contributed by atoms with E-state index in [0.717, 1.165) is 6.42 Å². The van der Waals surface area contributed by atoms with Gasteiger partial charge < -0.3 is 4.84 Å². The summed E-state index contributed by atoms with van der Waals surface area (Å²) in [5, 5.41) is 3.76. The average molecular weight is 175 g/mol. The summed E-state index contributed by atoms with van der Waals surface area (Å²) >= 11 is 0. The fourth-order valence-corrected chi connectivity index (χ4v) is 0.905. The van der Waals surface area contributed by atoms with E-state index in [1.54, 1.807) is 12.3 Å². The van der Waals surface area contributed by atoms with Crippen LogP contribution in [0.5, 0.6) is 0 Å². The second-order valence-corrected chi connectivity index (χ2v) is 2.56. The van der Waals surface area contributed by atoms with Gasteiger partial charge in [0.25, 0.3) is 0 Å². The van der Waals surface area contributed by atoms with Crippen LogP contribution in [0.2, 0.25) is 0 Å². The van der Waals surface area contributed by atoms with Gasteiger partial charge in [0.05, 0.1) is 0 Å². The second-order valence-electron chi connectivity index (χ2n) is 2.56. The fourth-order valence-electron chi connectivity index (χ4n) is 0.905. The average Bonchev–Trinajstić information content (AvgIpc) is 2.19. The Morgan fingerprint density at radius 1 is 1.31 bits per heavy atom. The summed E-state index contributed by atoms with van der Waals surface area (Å²) in [6, 6.07) is 10.1. The molecule has 0 fully saturated rings. The molecule has 13 heavy (non-hydrogen) atoms. The predicted octanol–water partition coefficient (Wildman–Crippen LogP) is 2.42. The molecule has 0 aliphatic carbocycles. The molecule has 0 bridgehead atoms. The first-order chi connectivity index (χ1) is 6.43. The Labute approximate surface area is 78.5 Å². The lowest BCUT2D eigenvalue weighted by Gasteiger charge is -1.94. The molecular formula is C11H13NO. The minimum absolute atomic E-state index is 0.464. The number of rotatable bonds is 5. The van der Waals surface area contributed by atoms with Gasteiger partial charge in [-0.2, -0.15) is 0 Å². The quantitative estimate of drug-likeness (QED) is 0.291. The van der Waals surface area contributed by atoms with Crippen LogP contribution in [0.25, 0.3) is 0 Å². The lowest BCUT2D eigenvalue weighted by atomic mass is 10.2. The molecule has 0 saturated carbocycles. The van der Waals surface area contributed by atoms with Gasteiger partial charge in [-0.1, -0.05) is 48.1 Å². The van der Waals surface area contributed by atoms with Crippen LogP contribution in [0, 0.1) is 0 Å². The number of nitrogens with zero attached hydrogens (tertiary/aromatic N) is 1. The topological polar surface area (TPSA) is 21.6 Å². The normalized spacial score (nSPS) is 10.2. The molecule has 2 nitrogen and oxygen atoms in total. The highest BCUT2D eigenvalue weighted by atomic mass is 16.6. The van der Waals surface area contributed by atoms with Crippen molar-refractivity contribution in [3.05, 3.63) is 48.6 Å². The standard InChI is InChI=1S/C11H13NO/c1-2-10-13-12-9-8-11-6-4-3-5-7-11/h2-7,9H,1,8,10H2. The predicted molar refractivity (Wildman–Crippen MR) is 54.8 cm³/mol. The van der Waals surface area contributed by atoms with Crippen molar-refractivity contribution in [2.45, 2.75) is 6.42 Å². The molecule has 0 aliphatic heterocycles. The molecule has 0 radical (unpaired) electrons. The summed E-state index contributed by atoms with van der Waals surface area (Å²) in [5.74, 6) is 0. The van der Waals surface area contributed by atoms with Crippen LogP contribution >= 0.6 is 0 Å². The van der Waals surface area contributed by atoms with E-state index < -0.39 is 0 Å². The first kappa shape index (κ1) is 9.52. The summed E-state index contributed by atoms with van der Waals surface area (Å²) in [6.07, 6.45) is 4.22. The van der Waals surface area contributed by atoms with Crippen LogP contribution in [0.3, 0.4) is 0 Å². The summed E-state index contributed by atoms with van der Waals surface area (Å²) in [7, 11) is 0. The van der Waals surface area contributed by atoms with Crippen LogP contribution < -0.4 is 0 Å². The highest BCUT2D eigenvalue weighted by molar-refractivity contribution is 5.60. The van der Waals surface area contributed by atoms with Gasteiger partial charge in [0.2, 0.25) is 0 Å². The summed E-state index contributed by atoms with van der Waals surface area (Å²) in [6.45, 7) is 3.98. The summed E-state index contributed by atoms with van der Waals surface area (Å²) in [5.41, 5.74) is 1.23. The Morgan fingerprint density at radius 3 is 2.77 bits per heavy atom. The third-order valence-electron chi connectivity index (χ3n) is 1.51. The molecule has 0 amide bonds. The summed E-state index contributed by atoms with van der Waals surface area (Å²) in [4.78, 5) is 4.86. The van der Waals surface area contributed by atoms with E-state index in [1.807, 2.05) is 18.2 Å². The third-order valence-corrected chi connectivity index (χ3v) is 1.51. The van der Waals surface area contributed by atoms with Gasteiger partial charge in [0.1, 0.15) is 6.61 Å². The van der Waals surface area contributed by atoms with E-state index >= 15 is 0 Å². The van der Waals surface area contributed by atoms with Crippen LogP contribution in [-0.4, -0.2) is 12.8 Å². The molecule has 0 unspecified atom stereocenters. The first-order valence-corrected chi connectivity index (χ1v) is 4.22. The molecule has 0 aliphatic rings. The van der Waals surface area contributed by atoms with Crippen molar-refractivity contribution in [1.82, 2.24) is 0 Å². The second kappa shape index (κ2) is 6.00. The minimum atomic E-state index is 0.464. The fraction of sp³-hybridized carbons (Fsp3) is 0.182. The van der Waals surface area contributed by atoms with Gasteiger partial charge in [-0.3, -0.25) is 0 Å². The summed E-state index contributed by atoms with van der Waals surface area (Å²) < 4.78 is 0. The van der Waals surface area contributed by atoms with E-state index in [1.165, 1.54) is 5.56 Å². The zero-order chi connectivity index (χ0) is 9.36. The van der Waals surface area contributed by atoms with Crippen LogP contribution in [-0.2, 0) is 11.3 Å². The molecule has 2 heteroatoms. The monoisotopic (exact) mass is 175 g/mol. The molecule has 0 heterocycles. The number of hydrogen-bond acceptors (Lipinski definition) is 2. The van der Waals surface area contributed by atoms with Crippen molar-refractivity contribution < 1.29 is 4.84 Å². The highest BCUT2D eigenvalue weighted by Gasteiger charge is 1.85. The van der Waals surface area contributed by atoms with Gasteiger partial charge in [0, 0.05) is 12.6 Å². The Bertz CT molecular complexity index is 267. The van der Waals surface area contributed by atoms with E-state index in [9.17, 15) is 0 Å². The maximum Gasteiger partial charge on any atom is 0.135 e. The van der Waals surface area contributed by atoms with Gasteiger partial charge in [-0.05, 0) is 5.56 Å². The van der Waals surface area contributed by atoms with Gasteiger partial charge in [0.15, 0.2) is 0 Å². The van der Waals surface area contributed by atoms with Crippen LogP contribution in [0.15, 0.2) is 48.1 Å². The molecule has 0 N–H and O–H groups in total. The van der Waals surface area contributed by atoms with E-state index in [0.29, 0.717) is 6.61 Å². The molecule has 0 aromatic heterocycles. The lowest BCUT2D eigenvalue weighted by molar-refractivity contribution is 0.176. The molecule has 1 rings (SSSR count). The molecule has 0 atom stereocenters. The number of hydrogen-bond donors (Lipinski definition) is 0. The number of oxime groups is 1.